The Labute approximate surface area is 196 Å². The van der Waals surface area contributed by atoms with Crippen molar-refractivity contribution in [2.24, 2.45) is 5.41 Å². The fourth-order valence-electron chi connectivity index (χ4n) is 4.97. The third-order valence-corrected chi connectivity index (χ3v) is 6.40. The van der Waals surface area contributed by atoms with E-state index in [0.29, 0.717) is 46.9 Å². The molecule has 2 aromatic rings. The molecular weight excluding hydrogens is 447 g/mol. The molecule has 1 amide bonds. The topological polar surface area (TPSA) is 55.8 Å². The number of carbonyl (C=O) groups is 2. The fourth-order valence-corrected chi connectivity index (χ4v) is 4.97. The van der Waals surface area contributed by atoms with E-state index in [0.717, 1.165) is 12.1 Å². The van der Waals surface area contributed by atoms with Gasteiger partial charge in [-0.05, 0) is 42.2 Å². The maximum Gasteiger partial charge on any atom is 0.416 e. The number of carbonyl (C=O) groups excluding carboxylic acids is 2. The van der Waals surface area contributed by atoms with Crippen molar-refractivity contribution in [3.8, 4) is 11.5 Å². The van der Waals surface area contributed by atoms with Crippen LogP contribution in [0.25, 0.3) is 0 Å². The van der Waals surface area contributed by atoms with Crippen molar-refractivity contribution in [3.05, 3.63) is 64.9 Å². The third-order valence-electron chi connectivity index (χ3n) is 6.40. The number of methoxy groups -OCH3 is 2. The minimum absolute atomic E-state index is 0.0183. The number of halogens is 3. The summed E-state index contributed by atoms with van der Waals surface area (Å²) in [4.78, 5) is 28.3. The van der Waals surface area contributed by atoms with Crippen LogP contribution in [-0.2, 0) is 15.8 Å². The Morgan fingerprint density at radius 1 is 0.971 bits per heavy atom. The van der Waals surface area contributed by atoms with Crippen molar-refractivity contribution in [1.82, 2.24) is 0 Å². The Balaban J connectivity index is 1.89. The molecule has 0 radical (unpaired) electrons. The number of ether oxygens (including phenoxy) is 2. The number of nitrogens with zero attached hydrogens (tertiary/aromatic N) is 1. The first kappa shape index (κ1) is 23.9. The van der Waals surface area contributed by atoms with Crippen molar-refractivity contribution in [2.75, 3.05) is 19.1 Å². The van der Waals surface area contributed by atoms with E-state index in [9.17, 15) is 22.8 Å². The molecule has 34 heavy (non-hydrogen) atoms. The van der Waals surface area contributed by atoms with Crippen molar-refractivity contribution in [1.29, 1.82) is 0 Å². The van der Waals surface area contributed by atoms with Crippen molar-refractivity contribution in [2.45, 2.75) is 45.2 Å². The fraction of sp³-hybridized carbons (Fsp3) is 0.385. The molecule has 180 valence electrons. The summed E-state index contributed by atoms with van der Waals surface area (Å²) in [5, 5.41) is 0. The summed E-state index contributed by atoms with van der Waals surface area (Å²) in [5.74, 6) is 0.0323. The molecule has 4 rings (SSSR count). The Morgan fingerprint density at radius 3 is 2.24 bits per heavy atom. The molecule has 1 aliphatic carbocycles. The summed E-state index contributed by atoms with van der Waals surface area (Å²) in [6, 6.07) is 9.80. The van der Waals surface area contributed by atoms with Gasteiger partial charge < -0.3 is 9.47 Å². The van der Waals surface area contributed by atoms with E-state index in [-0.39, 0.29) is 18.1 Å². The second kappa shape index (κ2) is 8.49. The van der Waals surface area contributed by atoms with Gasteiger partial charge in [-0.3, -0.25) is 14.5 Å². The zero-order valence-electron chi connectivity index (χ0n) is 19.5. The lowest BCUT2D eigenvalue weighted by Crippen LogP contribution is -2.43. The van der Waals surface area contributed by atoms with E-state index >= 15 is 0 Å². The van der Waals surface area contributed by atoms with E-state index < -0.39 is 23.1 Å². The van der Waals surface area contributed by atoms with Gasteiger partial charge in [0.25, 0.3) is 0 Å². The van der Waals surface area contributed by atoms with Gasteiger partial charge >= 0.3 is 6.18 Å². The highest BCUT2D eigenvalue weighted by atomic mass is 19.4. The molecule has 0 fully saturated rings. The molecular formula is C26H26F3NO4. The number of para-hydroxylation sites is 1. The van der Waals surface area contributed by atoms with Gasteiger partial charge in [-0.2, -0.15) is 13.2 Å². The van der Waals surface area contributed by atoms with Crippen molar-refractivity contribution < 1.29 is 32.2 Å². The summed E-state index contributed by atoms with van der Waals surface area (Å²) in [6.07, 6.45) is -3.76. The molecule has 0 saturated carbocycles. The summed E-state index contributed by atoms with van der Waals surface area (Å²) in [6.45, 7) is 3.89. The van der Waals surface area contributed by atoms with E-state index in [4.69, 9.17) is 9.47 Å². The largest absolute Gasteiger partial charge is 0.493 e. The molecule has 5 nitrogen and oxygen atoms in total. The Morgan fingerprint density at radius 2 is 1.65 bits per heavy atom. The molecule has 0 aromatic heterocycles. The van der Waals surface area contributed by atoms with E-state index in [2.05, 4.69) is 0 Å². The third kappa shape index (κ3) is 4.17. The highest BCUT2D eigenvalue weighted by Gasteiger charge is 2.45. The maximum atomic E-state index is 13.5. The lowest BCUT2D eigenvalue weighted by Gasteiger charge is -2.43. The molecule has 0 N–H and O–H groups in total. The van der Waals surface area contributed by atoms with Crippen LogP contribution in [0.1, 0.15) is 50.2 Å². The van der Waals surface area contributed by atoms with Gasteiger partial charge in [-0.25, -0.2) is 0 Å². The summed E-state index contributed by atoms with van der Waals surface area (Å²) < 4.78 is 50.2. The number of amides is 1. The first-order valence-corrected chi connectivity index (χ1v) is 10.9. The molecule has 0 saturated heterocycles. The van der Waals surface area contributed by atoms with Crippen LogP contribution in [-0.4, -0.2) is 25.9 Å². The Bertz CT molecular complexity index is 1170. The SMILES string of the molecule is COc1cccc(C2CC(=O)N(c3ccc(C(F)(F)F)cc3)C3=C2C(=O)CC(C)(C)C3)c1OC. The van der Waals surface area contributed by atoms with Gasteiger partial charge in [-0.15, -0.1) is 0 Å². The van der Waals surface area contributed by atoms with Gasteiger partial charge in [0.1, 0.15) is 0 Å². The predicted octanol–water partition coefficient (Wildman–Crippen LogP) is 5.89. The Kier molecular flexibility index (Phi) is 5.96. The lowest BCUT2D eigenvalue weighted by atomic mass is 9.69. The van der Waals surface area contributed by atoms with Crippen molar-refractivity contribution in [3.63, 3.8) is 0 Å². The molecule has 0 bridgehead atoms. The highest BCUT2D eigenvalue weighted by molar-refractivity contribution is 6.08. The lowest BCUT2D eigenvalue weighted by molar-refractivity contribution is -0.137. The number of hydrogen-bond donors (Lipinski definition) is 0. The smallest absolute Gasteiger partial charge is 0.416 e. The number of alkyl halides is 3. The number of benzene rings is 2. The number of hydrogen-bond acceptors (Lipinski definition) is 4. The molecule has 2 aliphatic rings. The first-order chi connectivity index (χ1) is 16.0. The maximum absolute atomic E-state index is 13.5. The molecule has 8 heteroatoms. The normalized spacial score (nSPS) is 20.3. The minimum atomic E-state index is -4.48. The van der Waals surface area contributed by atoms with E-state index in [1.807, 2.05) is 19.9 Å². The van der Waals surface area contributed by atoms with Crippen LogP contribution >= 0.6 is 0 Å². The van der Waals surface area contributed by atoms with E-state index in [1.165, 1.54) is 31.3 Å². The van der Waals surface area contributed by atoms with Gasteiger partial charge in [-0.1, -0.05) is 26.0 Å². The van der Waals surface area contributed by atoms with E-state index in [1.54, 1.807) is 12.1 Å². The van der Waals surface area contributed by atoms with Gasteiger partial charge in [0.2, 0.25) is 5.91 Å². The molecule has 0 spiro atoms. The Hall–Kier alpha value is -3.29. The number of anilines is 1. The summed E-state index contributed by atoms with van der Waals surface area (Å²) >= 11 is 0. The predicted molar refractivity (Wildman–Crippen MR) is 121 cm³/mol. The van der Waals surface area contributed by atoms with Crippen LogP contribution in [0, 0.1) is 5.41 Å². The summed E-state index contributed by atoms with van der Waals surface area (Å²) in [5.41, 5.74) is 0.821. The van der Waals surface area contributed by atoms with Crippen LogP contribution < -0.4 is 14.4 Å². The van der Waals surface area contributed by atoms with Crippen molar-refractivity contribution >= 4 is 17.4 Å². The number of rotatable bonds is 4. The van der Waals surface area contributed by atoms with Gasteiger partial charge in [0.15, 0.2) is 17.3 Å². The number of ketones is 1. The zero-order valence-corrected chi connectivity index (χ0v) is 19.5. The minimum Gasteiger partial charge on any atom is -0.493 e. The number of allylic oxidation sites excluding steroid dienone is 2. The van der Waals surface area contributed by atoms with Crippen LogP contribution in [0.4, 0.5) is 18.9 Å². The molecule has 1 atom stereocenters. The van der Waals surface area contributed by atoms with Crippen LogP contribution in [0.5, 0.6) is 11.5 Å². The standard InChI is InChI=1S/C26H26F3NO4/c1-25(2)13-19-23(20(31)14-25)18(17-6-5-7-21(33-3)24(17)34-4)12-22(32)30(19)16-10-8-15(9-11-16)26(27,28)29/h5-11,18H,12-14H2,1-4H3. The molecule has 1 unspecified atom stereocenters. The number of Topliss-reactive ketones (excluding diaryl/α,β-unsaturated/α-hetero) is 1. The second-order valence-electron chi connectivity index (χ2n) is 9.41. The average Bonchev–Trinajstić information content (AvgIpc) is 2.76. The average molecular weight is 473 g/mol. The van der Waals surface area contributed by atoms with Crippen LogP contribution in [0.2, 0.25) is 0 Å². The second-order valence-corrected chi connectivity index (χ2v) is 9.41. The quantitative estimate of drug-likeness (QED) is 0.556. The van der Waals surface area contributed by atoms with Crippen LogP contribution in [0.15, 0.2) is 53.7 Å². The van der Waals surface area contributed by atoms with Gasteiger partial charge in [0, 0.05) is 41.3 Å². The van der Waals surface area contributed by atoms with Gasteiger partial charge in [0.05, 0.1) is 19.8 Å². The monoisotopic (exact) mass is 473 g/mol. The molecule has 2 aromatic carbocycles. The molecule has 1 heterocycles. The highest BCUT2D eigenvalue weighted by Crippen LogP contribution is 2.50. The van der Waals surface area contributed by atoms with Crippen LogP contribution in [0.3, 0.4) is 0 Å². The molecule has 1 aliphatic heterocycles. The zero-order chi connectivity index (χ0) is 24.8. The summed E-state index contributed by atoms with van der Waals surface area (Å²) in [7, 11) is 3.01. The first-order valence-electron chi connectivity index (χ1n) is 10.9.